The summed E-state index contributed by atoms with van der Waals surface area (Å²) in [4.78, 5) is 21.7. The van der Waals surface area contributed by atoms with Gasteiger partial charge in [0.1, 0.15) is 6.04 Å². The van der Waals surface area contributed by atoms with E-state index in [1.165, 1.54) is 24.3 Å². The molecule has 8 heteroatoms. The fourth-order valence-corrected chi connectivity index (χ4v) is 2.48. The zero-order valence-corrected chi connectivity index (χ0v) is 10.2. The minimum Gasteiger partial charge on any atom is -0.370 e. The van der Waals surface area contributed by atoms with E-state index in [0.29, 0.717) is 0 Å². The predicted molar refractivity (Wildman–Crippen MR) is 63.6 cm³/mol. The summed E-state index contributed by atoms with van der Waals surface area (Å²) in [6.45, 7) is 0. The molecule has 0 fully saturated rings. The van der Waals surface area contributed by atoms with Crippen LogP contribution in [0.2, 0.25) is 0 Å². The molecule has 0 aliphatic carbocycles. The minimum absolute atomic E-state index is 0.0271. The van der Waals surface area contributed by atoms with Gasteiger partial charge in [-0.3, -0.25) is 9.59 Å². The van der Waals surface area contributed by atoms with Gasteiger partial charge in [-0.15, -0.1) is 0 Å². The third-order valence-electron chi connectivity index (χ3n) is 2.10. The summed E-state index contributed by atoms with van der Waals surface area (Å²) in [5.41, 5.74) is 9.90. The van der Waals surface area contributed by atoms with Crippen molar-refractivity contribution in [2.75, 3.05) is 0 Å². The van der Waals surface area contributed by atoms with Gasteiger partial charge in [-0.2, -0.15) is 4.72 Å². The molecule has 1 aromatic rings. The lowest BCUT2D eigenvalue weighted by Crippen LogP contribution is -2.46. The fraction of sp³-hybridized carbons (Fsp3) is 0.200. The number of amides is 2. The van der Waals surface area contributed by atoms with Gasteiger partial charge in [0.2, 0.25) is 21.8 Å². The zero-order valence-electron chi connectivity index (χ0n) is 9.37. The molecule has 18 heavy (non-hydrogen) atoms. The highest BCUT2D eigenvalue weighted by Crippen LogP contribution is 2.08. The Hall–Kier alpha value is -1.93. The number of nitrogens with two attached hydrogens (primary N) is 2. The first kappa shape index (κ1) is 14.1. The number of hydrogen-bond donors (Lipinski definition) is 3. The average Bonchev–Trinajstić information content (AvgIpc) is 2.28. The van der Waals surface area contributed by atoms with Crippen molar-refractivity contribution in [3.63, 3.8) is 0 Å². The van der Waals surface area contributed by atoms with E-state index in [1.807, 2.05) is 4.72 Å². The average molecular weight is 271 g/mol. The molecule has 0 aliphatic heterocycles. The van der Waals surface area contributed by atoms with Crippen LogP contribution in [0.4, 0.5) is 0 Å². The Bertz CT molecular complexity index is 542. The van der Waals surface area contributed by atoms with Crippen molar-refractivity contribution < 1.29 is 18.0 Å². The first-order chi connectivity index (χ1) is 8.33. The molecular formula is C10H13N3O4S. The Labute approximate surface area is 104 Å². The van der Waals surface area contributed by atoms with Gasteiger partial charge in [-0.25, -0.2) is 8.42 Å². The third kappa shape index (κ3) is 3.82. The van der Waals surface area contributed by atoms with Crippen LogP contribution < -0.4 is 16.2 Å². The first-order valence-electron chi connectivity index (χ1n) is 4.98. The Morgan fingerprint density at radius 2 is 1.72 bits per heavy atom. The molecule has 0 radical (unpaired) electrons. The molecule has 7 nitrogen and oxygen atoms in total. The van der Waals surface area contributed by atoms with Crippen LogP contribution >= 0.6 is 0 Å². The topological polar surface area (TPSA) is 132 Å². The summed E-state index contributed by atoms with van der Waals surface area (Å²) in [5, 5.41) is 0. The standard InChI is InChI=1S/C10H13N3O4S/c11-9(14)6-8(10(12)15)13-18(16,17)7-4-2-1-3-5-7/h1-5,8,13H,6H2,(H2,11,14)(H2,12,15)/t8-/m0/s1. The number of carbonyl (C=O) groups is 2. The zero-order chi connectivity index (χ0) is 13.8. The SMILES string of the molecule is NC(=O)C[C@H](NS(=O)(=O)c1ccccc1)C(N)=O. The summed E-state index contributed by atoms with van der Waals surface area (Å²) in [7, 11) is -3.91. The van der Waals surface area contributed by atoms with E-state index in [4.69, 9.17) is 11.5 Å². The molecule has 98 valence electrons. The van der Waals surface area contributed by atoms with E-state index in [2.05, 4.69) is 0 Å². The maximum Gasteiger partial charge on any atom is 0.241 e. The van der Waals surface area contributed by atoms with Gasteiger partial charge in [0, 0.05) is 0 Å². The van der Waals surface area contributed by atoms with Gasteiger partial charge in [-0.1, -0.05) is 18.2 Å². The van der Waals surface area contributed by atoms with Crippen molar-refractivity contribution >= 4 is 21.8 Å². The van der Waals surface area contributed by atoms with Crippen LogP contribution in [0.3, 0.4) is 0 Å². The summed E-state index contributed by atoms with van der Waals surface area (Å²) in [5.74, 6) is -1.79. The molecule has 0 bridgehead atoms. The van der Waals surface area contributed by atoms with Crippen molar-refractivity contribution in [1.29, 1.82) is 0 Å². The predicted octanol–water partition coefficient (Wildman–Crippen LogP) is -1.31. The molecule has 0 aromatic heterocycles. The molecule has 0 heterocycles. The highest BCUT2D eigenvalue weighted by atomic mass is 32.2. The third-order valence-corrected chi connectivity index (χ3v) is 3.59. The van der Waals surface area contributed by atoms with Gasteiger partial charge in [0.25, 0.3) is 0 Å². The molecule has 0 aliphatic rings. The molecule has 0 saturated heterocycles. The molecule has 2 amide bonds. The second kappa shape index (κ2) is 5.61. The Morgan fingerprint density at radius 3 is 2.17 bits per heavy atom. The van der Waals surface area contributed by atoms with E-state index in [-0.39, 0.29) is 4.90 Å². The van der Waals surface area contributed by atoms with Crippen molar-refractivity contribution in [3.05, 3.63) is 30.3 Å². The number of sulfonamides is 1. The van der Waals surface area contributed by atoms with Crippen molar-refractivity contribution in [2.24, 2.45) is 11.5 Å². The van der Waals surface area contributed by atoms with E-state index >= 15 is 0 Å². The van der Waals surface area contributed by atoms with Gasteiger partial charge >= 0.3 is 0 Å². The number of carbonyl (C=O) groups excluding carboxylic acids is 2. The molecule has 0 saturated carbocycles. The fourth-order valence-electron chi connectivity index (χ4n) is 1.26. The monoisotopic (exact) mass is 271 g/mol. The minimum atomic E-state index is -3.91. The van der Waals surface area contributed by atoms with Crippen molar-refractivity contribution in [2.45, 2.75) is 17.4 Å². The van der Waals surface area contributed by atoms with E-state index in [0.717, 1.165) is 0 Å². The second-order valence-electron chi connectivity index (χ2n) is 3.56. The Kier molecular flexibility index (Phi) is 4.40. The van der Waals surface area contributed by atoms with E-state index < -0.39 is 34.3 Å². The molecule has 5 N–H and O–H groups in total. The lowest BCUT2D eigenvalue weighted by Gasteiger charge is -2.13. The summed E-state index contributed by atoms with van der Waals surface area (Å²) < 4.78 is 25.8. The van der Waals surface area contributed by atoms with Crippen LogP contribution in [0.25, 0.3) is 0 Å². The lowest BCUT2D eigenvalue weighted by molar-refractivity contribution is -0.124. The molecule has 0 unspecified atom stereocenters. The first-order valence-corrected chi connectivity index (χ1v) is 6.46. The van der Waals surface area contributed by atoms with Crippen molar-refractivity contribution in [1.82, 2.24) is 4.72 Å². The number of nitrogens with one attached hydrogen (secondary N) is 1. The number of primary amides is 2. The number of benzene rings is 1. The highest BCUT2D eigenvalue weighted by Gasteiger charge is 2.25. The summed E-state index contributed by atoms with van der Waals surface area (Å²) in [6.07, 6.45) is -0.485. The van der Waals surface area contributed by atoms with Crippen LogP contribution in [0.15, 0.2) is 35.2 Å². The summed E-state index contributed by atoms with van der Waals surface area (Å²) >= 11 is 0. The van der Waals surface area contributed by atoms with Crippen LogP contribution in [-0.2, 0) is 19.6 Å². The van der Waals surface area contributed by atoms with E-state index in [9.17, 15) is 18.0 Å². The van der Waals surface area contributed by atoms with E-state index in [1.54, 1.807) is 6.07 Å². The molecule has 1 atom stereocenters. The molecular weight excluding hydrogens is 258 g/mol. The second-order valence-corrected chi connectivity index (χ2v) is 5.27. The summed E-state index contributed by atoms with van der Waals surface area (Å²) in [6, 6.07) is 6.06. The van der Waals surface area contributed by atoms with Gasteiger partial charge in [0.15, 0.2) is 0 Å². The largest absolute Gasteiger partial charge is 0.370 e. The van der Waals surface area contributed by atoms with Gasteiger partial charge < -0.3 is 11.5 Å². The number of rotatable bonds is 6. The van der Waals surface area contributed by atoms with Crippen molar-refractivity contribution in [3.8, 4) is 0 Å². The molecule has 1 aromatic carbocycles. The number of hydrogen-bond acceptors (Lipinski definition) is 4. The normalized spacial score (nSPS) is 12.9. The molecule has 0 spiro atoms. The maximum atomic E-state index is 11.9. The quantitative estimate of drug-likeness (QED) is 0.592. The maximum absolute atomic E-state index is 11.9. The van der Waals surface area contributed by atoms with Crippen LogP contribution in [-0.4, -0.2) is 26.3 Å². The smallest absolute Gasteiger partial charge is 0.241 e. The Balaban J connectivity index is 2.93. The van der Waals surface area contributed by atoms with Crippen LogP contribution in [0, 0.1) is 0 Å². The lowest BCUT2D eigenvalue weighted by atomic mass is 10.2. The highest BCUT2D eigenvalue weighted by molar-refractivity contribution is 7.89. The van der Waals surface area contributed by atoms with Gasteiger partial charge in [0.05, 0.1) is 11.3 Å². The Morgan fingerprint density at radius 1 is 1.17 bits per heavy atom. The molecule has 1 rings (SSSR count). The van der Waals surface area contributed by atoms with Crippen LogP contribution in [0.1, 0.15) is 6.42 Å². The van der Waals surface area contributed by atoms with Crippen LogP contribution in [0.5, 0.6) is 0 Å². The van der Waals surface area contributed by atoms with Gasteiger partial charge in [-0.05, 0) is 12.1 Å².